The molecule has 1 rings (SSSR count). The van der Waals surface area contributed by atoms with E-state index in [0.29, 0.717) is 12.4 Å². The average Bonchev–Trinajstić information content (AvgIpc) is 2.51. The lowest BCUT2D eigenvalue weighted by molar-refractivity contribution is 0.0215. The van der Waals surface area contributed by atoms with Crippen molar-refractivity contribution in [3.05, 3.63) is 12.2 Å². The van der Waals surface area contributed by atoms with E-state index in [4.69, 9.17) is 5.73 Å². The van der Waals surface area contributed by atoms with Gasteiger partial charge in [-0.05, 0) is 20.8 Å². The normalized spacial score (nSPS) is 18.2. The molecule has 0 fully saturated rings. The Balaban J connectivity index is 3.06. The fraction of sp³-hybridized carbons (Fsp3) is 0.750. The van der Waals surface area contributed by atoms with E-state index >= 15 is 0 Å². The lowest BCUT2D eigenvalue weighted by atomic mass is 9.98. The number of hydrogen-bond donors (Lipinski definition) is 2. The molecule has 0 aliphatic heterocycles. The summed E-state index contributed by atoms with van der Waals surface area (Å²) in [6, 6.07) is -0.373. The molecule has 0 saturated carbocycles. The van der Waals surface area contributed by atoms with E-state index in [0.717, 1.165) is 0 Å². The van der Waals surface area contributed by atoms with Crippen LogP contribution in [0.1, 0.15) is 26.6 Å². The van der Waals surface area contributed by atoms with Gasteiger partial charge in [0.1, 0.15) is 11.9 Å². The Bertz CT molecular complexity index is 279. The van der Waals surface area contributed by atoms with Gasteiger partial charge in [-0.3, -0.25) is 0 Å². The molecular weight excluding hydrogens is 168 g/mol. The van der Waals surface area contributed by atoms with Gasteiger partial charge in [0.15, 0.2) is 5.82 Å². The number of nitrogens with two attached hydrogens (primary N) is 1. The molecule has 1 heterocycles. The first-order valence-corrected chi connectivity index (χ1v) is 4.36. The van der Waals surface area contributed by atoms with E-state index in [2.05, 4.69) is 10.1 Å². The number of rotatable bonds is 3. The third kappa shape index (κ3) is 1.71. The summed E-state index contributed by atoms with van der Waals surface area (Å²) in [4.78, 5) is 4.00. The lowest BCUT2D eigenvalue weighted by Crippen LogP contribution is -2.43. The van der Waals surface area contributed by atoms with Gasteiger partial charge in [-0.15, -0.1) is 0 Å². The van der Waals surface area contributed by atoms with Crippen LogP contribution < -0.4 is 5.73 Å². The summed E-state index contributed by atoms with van der Waals surface area (Å²) in [6.07, 6.45) is 1.43. The highest BCUT2D eigenvalue weighted by Gasteiger charge is 2.32. The van der Waals surface area contributed by atoms with Gasteiger partial charge >= 0.3 is 0 Å². The maximum atomic E-state index is 10.0. The van der Waals surface area contributed by atoms with Crippen molar-refractivity contribution >= 4 is 0 Å². The Kier molecular flexibility index (Phi) is 2.68. The zero-order chi connectivity index (χ0) is 10.1. The molecule has 5 heteroatoms. The molecule has 2 atom stereocenters. The Morgan fingerprint density at radius 3 is 2.85 bits per heavy atom. The Labute approximate surface area is 77.6 Å². The molecule has 2 unspecified atom stereocenters. The minimum Gasteiger partial charge on any atom is -0.381 e. The third-order valence-electron chi connectivity index (χ3n) is 2.25. The minimum absolute atomic E-state index is 0.373. The Hall–Kier alpha value is -0.940. The molecule has 1 aromatic heterocycles. The molecule has 0 saturated heterocycles. The van der Waals surface area contributed by atoms with Crippen LogP contribution in [0.5, 0.6) is 0 Å². The van der Waals surface area contributed by atoms with Crippen molar-refractivity contribution in [1.82, 2.24) is 14.8 Å². The molecule has 3 N–H and O–H groups in total. The van der Waals surface area contributed by atoms with E-state index in [1.54, 1.807) is 18.5 Å². The largest absolute Gasteiger partial charge is 0.381 e. The summed E-state index contributed by atoms with van der Waals surface area (Å²) in [6.45, 7) is 6.01. The minimum atomic E-state index is -1.12. The summed E-state index contributed by atoms with van der Waals surface area (Å²) in [5.41, 5.74) is 4.54. The van der Waals surface area contributed by atoms with Crippen LogP contribution in [0, 0.1) is 0 Å². The predicted molar refractivity (Wildman–Crippen MR) is 48.9 cm³/mol. The first kappa shape index (κ1) is 10.1. The first-order valence-electron chi connectivity index (χ1n) is 4.36. The van der Waals surface area contributed by atoms with E-state index in [9.17, 15) is 5.11 Å². The maximum Gasteiger partial charge on any atom is 0.160 e. The Morgan fingerprint density at radius 2 is 2.38 bits per heavy atom. The average molecular weight is 184 g/mol. The van der Waals surface area contributed by atoms with Crippen molar-refractivity contribution in [3.8, 4) is 0 Å². The van der Waals surface area contributed by atoms with E-state index in [-0.39, 0.29) is 6.04 Å². The molecule has 0 bridgehead atoms. The molecule has 0 amide bonds. The van der Waals surface area contributed by atoms with Gasteiger partial charge in [-0.2, -0.15) is 5.10 Å². The van der Waals surface area contributed by atoms with Crippen molar-refractivity contribution in [3.63, 3.8) is 0 Å². The quantitative estimate of drug-likeness (QED) is 0.685. The van der Waals surface area contributed by atoms with Crippen molar-refractivity contribution in [2.75, 3.05) is 0 Å². The van der Waals surface area contributed by atoms with Gasteiger partial charge in [0.05, 0.1) is 0 Å². The maximum absolute atomic E-state index is 10.0. The van der Waals surface area contributed by atoms with Crippen LogP contribution in [0.3, 0.4) is 0 Å². The van der Waals surface area contributed by atoms with Crippen molar-refractivity contribution < 1.29 is 5.11 Å². The molecule has 0 aliphatic carbocycles. The Morgan fingerprint density at radius 1 is 1.77 bits per heavy atom. The lowest BCUT2D eigenvalue weighted by Gasteiger charge is -2.26. The summed E-state index contributed by atoms with van der Waals surface area (Å²) in [5, 5.41) is 14.0. The third-order valence-corrected chi connectivity index (χ3v) is 2.25. The topological polar surface area (TPSA) is 77.0 Å². The van der Waals surface area contributed by atoms with Crippen molar-refractivity contribution in [2.45, 2.75) is 39.0 Å². The van der Waals surface area contributed by atoms with Crippen LogP contribution in [-0.4, -0.2) is 25.9 Å². The van der Waals surface area contributed by atoms with Gasteiger partial charge in [0, 0.05) is 12.6 Å². The molecule has 5 nitrogen and oxygen atoms in total. The molecule has 13 heavy (non-hydrogen) atoms. The van der Waals surface area contributed by atoms with Crippen LogP contribution in [0.25, 0.3) is 0 Å². The van der Waals surface area contributed by atoms with E-state index in [1.807, 2.05) is 6.92 Å². The van der Waals surface area contributed by atoms with Crippen LogP contribution in [0.15, 0.2) is 6.33 Å². The molecule has 0 spiro atoms. The number of aliphatic hydroxyl groups is 1. The number of aryl methyl sites for hydroxylation is 1. The molecular formula is C8H16N4O. The number of hydrogen-bond acceptors (Lipinski definition) is 4. The SMILES string of the molecule is CCn1ncnc1C(C)(O)C(C)N. The molecule has 1 aromatic rings. The standard InChI is InChI=1S/C8H16N4O/c1-4-12-7(10-5-11-12)8(3,13)6(2)9/h5-6,13H,4,9H2,1-3H3. The fourth-order valence-corrected chi connectivity index (χ4v) is 1.09. The second-order valence-corrected chi connectivity index (χ2v) is 3.34. The monoisotopic (exact) mass is 184 g/mol. The molecule has 0 radical (unpaired) electrons. The van der Waals surface area contributed by atoms with Gasteiger partial charge in [0.2, 0.25) is 0 Å². The number of nitrogens with zero attached hydrogens (tertiary/aromatic N) is 3. The highest BCUT2D eigenvalue weighted by Crippen LogP contribution is 2.20. The predicted octanol–water partition coefficient (Wildman–Crippen LogP) is -0.147. The molecule has 0 aliphatic rings. The summed E-state index contributed by atoms with van der Waals surface area (Å²) >= 11 is 0. The highest BCUT2D eigenvalue weighted by molar-refractivity contribution is 5.03. The second-order valence-electron chi connectivity index (χ2n) is 3.34. The summed E-state index contributed by atoms with van der Waals surface area (Å²) in [5.74, 6) is 0.519. The van der Waals surface area contributed by atoms with Gasteiger partial charge in [-0.1, -0.05) is 0 Å². The highest BCUT2D eigenvalue weighted by atomic mass is 16.3. The van der Waals surface area contributed by atoms with Crippen molar-refractivity contribution in [2.24, 2.45) is 5.73 Å². The van der Waals surface area contributed by atoms with Gasteiger partial charge < -0.3 is 10.8 Å². The van der Waals surface area contributed by atoms with Gasteiger partial charge in [0.25, 0.3) is 0 Å². The summed E-state index contributed by atoms with van der Waals surface area (Å²) in [7, 11) is 0. The van der Waals surface area contributed by atoms with Gasteiger partial charge in [-0.25, -0.2) is 9.67 Å². The van der Waals surface area contributed by atoms with E-state index in [1.165, 1.54) is 6.33 Å². The zero-order valence-corrected chi connectivity index (χ0v) is 8.23. The summed E-state index contributed by atoms with van der Waals surface area (Å²) < 4.78 is 1.64. The smallest absolute Gasteiger partial charge is 0.160 e. The fourth-order valence-electron chi connectivity index (χ4n) is 1.09. The van der Waals surface area contributed by atoms with Crippen LogP contribution in [0.4, 0.5) is 0 Å². The van der Waals surface area contributed by atoms with Crippen molar-refractivity contribution in [1.29, 1.82) is 0 Å². The van der Waals surface area contributed by atoms with Crippen LogP contribution in [-0.2, 0) is 12.1 Å². The number of aromatic nitrogens is 3. The second kappa shape index (κ2) is 3.43. The molecule has 74 valence electrons. The molecule has 0 aromatic carbocycles. The zero-order valence-electron chi connectivity index (χ0n) is 8.23. The van der Waals surface area contributed by atoms with Crippen LogP contribution >= 0.6 is 0 Å². The van der Waals surface area contributed by atoms with Crippen LogP contribution in [0.2, 0.25) is 0 Å². The van der Waals surface area contributed by atoms with E-state index < -0.39 is 5.60 Å². The first-order chi connectivity index (χ1) is 6.00.